The SMILES string of the molecule is C=CC(C=CCCCCC)CCCCC. The van der Waals surface area contributed by atoms with Crippen molar-refractivity contribution in [3.8, 4) is 0 Å². The van der Waals surface area contributed by atoms with Gasteiger partial charge in [0.05, 0.1) is 0 Å². The van der Waals surface area contributed by atoms with Crippen LogP contribution in [-0.4, -0.2) is 0 Å². The molecule has 88 valence electrons. The minimum atomic E-state index is 0.609. The highest BCUT2D eigenvalue weighted by molar-refractivity contribution is 4.96. The molecule has 0 aromatic heterocycles. The lowest BCUT2D eigenvalue weighted by molar-refractivity contribution is 0.610. The van der Waals surface area contributed by atoms with Crippen LogP contribution in [0.25, 0.3) is 0 Å². The highest BCUT2D eigenvalue weighted by atomic mass is 14.0. The Hall–Kier alpha value is -0.520. The first-order valence-electron chi connectivity index (χ1n) is 6.64. The van der Waals surface area contributed by atoms with Crippen molar-refractivity contribution in [2.24, 2.45) is 5.92 Å². The predicted molar refractivity (Wildman–Crippen MR) is 71.1 cm³/mol. The molecular weight excluding hydrogens is 180 g/mol. The zero-order valence-electron chi connectivity index (χ0n) is 10.7. The maximum absolute atomic E-state index is 3.90. The van der Waals surface area contributed by atoms with E-state index in [1.165, 1.54) is 51.4 Å². The molecule has 0 nitrogen and oxygen atoms in total. The summed E-state index contributed by atoms with van der Waals surface area (Å²) in [5.74, 6) is 0.609. The Labute approximate surface area is 96.5 Å². The molecule has 0 N–H and O–H groups in total. The van der Waals surface area contributed by atoms with E-state index in [0.717, 1.165) is 0 Å². The van der Waals surface area contributed by atoms with E-state index in [2.05, 4.69) is 38.7 Å². The molecule has 0 spiro atoms. The summed E-state index contributed by atoms with van der Waals surface area (Å²) in [6.45, 7) is 8.41. The van der Waals surface area contributed by atoms with Crippen LogP contribution in [0.2, 0.25) is 0 Å². The third kappa shape index (κ3) is 9.78. The molecule has 0 heteroatoms. The Kier molecular flexibility index (Phi) is 11.2. The Bertz CT molecular complexity index is 155. The molecule has 0 amide bonds. The molecule has 0 fully saturated rings. The molecule has 0 saturated carbocycles. The Balaban J connectivity index is 3.53. The van der Waals surface area contributed by atoms with Crippen molar-refractivity contribution < 1.29 is 0 Å². The molecule has 1 atom stereocenters. The summed E-state index contributed by atoms with van der Waals surface area (Å²) in [6.07, 6.45) is 17.3. The largest absolute Gasteiger partial charge is 0.102 e. The summed E-state index contributed by atoms with van der Waals surface area (Å²) < 4.78 is 0. The van der Waals surface area contributed by atoms with E-state index in [4.69, 9.17) is 0 Å². The van der Waals surface area contributed by atoms with E-state index in [1.54, 1.807) is 0 Å². The molecule has 0 aromatic rings. The monoisotopic (exact) mass is 208 g/mol. The van der Waals surface area contributed by atoms with E-state index in [9.17, 15) is 0 Å². The molecule has 0 bridgehead atoms. The smallest absolute Gasteiger partial charge is 0.00562 e. The fourth-order valence-electron chi connectivity index (χ4n) is 1.71. The van der Waals surface area contributed by atoms with E-state index in [-0.39, 0.29) is 0 Å². The van der Waals surface area contributed by atoms with Crippen LogP contribution in [0.1, 0.15) is 65.2 Å². The van der Waals surface area contributed by atoms with Crippen LogP contribution in [0.3, 0.4) is 0 Å². The van der Waals surface area contributed by atoms with Gasteiger partial charge in [-0.15, -0.1) is 6.58 Å². The number of unbranched alkanes of at least 4 members (excludes halogenated alkanes) is 5. The zero-order chi connectivity index (χ0) is 11.4. The second-order valence-electron chi connectivity index (χ2n) is 4.32. The van der Waals surface area contributed by atoms with Crippen LogP contribution < -0.4 is 0 Å². The third-order valence-corrected chi connectivity index (χ3v) is 2.80. The van der Waals surface area contributed by atoms with Crippen LogP contribution in [0, 0.1) is 5.92 Å². The molecular formula is C15H28. The summed E-state index contributed by atoms with van der Waals surface area (Å²) in [5.41, 5.74) is 0. The van der Waals surface area contributed by atoms with E-state index in [1.807, 2.05) is 0 Å². The summed E-state index contributed by atoms with van der Waals surface area (Å²) in [5, 5.41) is 0. The van der Waals surface area contributed by atoms with Gasteiger partial charge in [-0.05, 0) is 25.2 Å². The molecule has 15 heavy (non-hydrogen) atoms. The fraction of sp³-hybridized carbons (Fsp3) is 0.733. The van der Waals surface area contributed by atoms with Crippen molar-refractivity contribution in [1.29, 1.82) is 0 Å². The van der Waals surface area contributed by atoms with Gasteiger partial charge in [-0.1, -0.05) is 64.2 Å². The average Bonchev–Trinajstić information content (AvgIpc) is 2.26. The van der Waals surface area contributed by atoms with Crippen LogP contribution in [-0.2, 0) is 0 Å². The first kappa shape index (κ1) is 14.5. The lowest BCUT2D eigenvalue weighted by Crippen LogP contribution is -1.91. The zero-order valence-corrected chi connectivity index (χ0v) is 10.7. The molecule has 0 saturated heterocycles. The molecule has 0 aliphatic heterocycles. The topological polar surface area (TPSA) is 0 Å². The minimum Gasteiger partial charge on any atom is -0.102 e. The molecule has 0 aliphatic rings. The molecule has 1 unspecified atom stereocenters. The maximum atomic E-state index is 3.90. The van der Waals surface area contributed by atoms with Crippen molar-refractivity contribution in [2.45, 2.75) is 65.2 Å². The van der Waals surface area contributed by atoms with Gasteiger partial charge in [0.15, 0.2) is 0 Å². The highest BCUT2D eigenvalue weighted by Gasteiger charge is 1.97. The second-order valence-corrected chi connectivity index (χ2v) is 4.32. The van der Waals surface area contributed by atoms with Crippen LogP contribution in [0.5, 0.6) is 0 Å². The van der Waals surface area contributed by atoms with Crippen molar-refractivity contribution in [3.05, 3.63) is 24.8 Å². The van der Waals surface area contributed by atoms with E-state index >= 15 is 0 Å². The van der Waals surface area contributed by atoms with Gasteiger partial charge in [0.1, 0.15) is 0 Å². The number of allylic oxidation sites excluding steroid dienone is 3. The standard InChI is InChI=1S/C15H28/c1-4-7-9-10-12-14-15(6-3)13-11-8-5-2/h6,12,14-15H,3-5,7-11,13H2,1-2H3. The van der Waals surface area contributed by atoms with Gasteiger partial charge in [0.25, 0.3) is 0 Å². The summed E-state index contributed by atoms with van der Waals surface area (Å²) in [6, 6.07) is 0. The average molecular weight is 208 g/mol. The number of hydrogen-bond donors (Lipinski definition) is 0. The van der Waals surface area contributed by atoms with Crippen molar-refractivity contribution >= 4 is 0 Å². The van der Waals surface area contributed by atoms with Gasteiger partial charge in [-0.3, -0.25) is 0 Å². The summed E-state index contributed by atoms with van der Waals surface area (Å²) >= 11 is 0. The Morgan fingerprint density at radius 1 is 1.00 bits per heavy atom. The Morgan fingerprint density at radius 3 is 2.27 bits per heavy atom. The lowest BCUT2D eigenvalue weighted by Gasteiger charge is -2.06. The van der Waals surface area contributed by atoms with Crippen LogP contribution >= 0.6 is 0 Å². The van der Waals surface area contributed by atoms with Crippen molar-refractivity contribution in [2.75, 3.05) is 0 Å². The van der Waals surface area contributed by atoms with Crippen molar-refractivity contribution in [3.63, 3.8) is 0 Å². The van der Waals surface area contributed by atoms with Crippen LogP contribution in [0.15, 0.2) is 24.8 Å². The third-order valence-electron chi connectivity index (χ3n) is 2.80. The van der Waals surface area contributed by atoms with E-state index < -0.39 is 0 Å². The molecule has 0 radical (unpaired) electrons. The fourth-order valence-corrected chi connectivity index (χ4v) is 1.71. The summed E-state index contributed by atoms with van der Waals surface area (Å²) in [7, 11) is 0. The second kappa shape index (κ2) is 11.6. The molecule has 0 heterocycles. The lowest BCUT2D eigenvalue weighted by atomic mass is 10.0. The number of rotatable bonds is 10. The van der Waals surface area contributed by atoms with Gasteiger partial charge in [0.2, 0.25) is 0 Å². The van der Waals surface area contributed by atoms with Gasteiger partial charge in [-0.25, -0.2) is 0 Å². The molecule has 0 aromatic carbocycles. The van der Waals surface area contributed by atoms with Gasteiger partial charge in [-0.2, -0.15) is 0 Å². The normalized spacial score (nSPS) is 13.2. The maximum Gasteiger partial charge on any atom is -0.00562 e. The highest BCUT2D eigenvalue weighted by Crippen LogP contribution is 2.13. The molecule has 0 rings (SSSR count). The number of hydrogen-bond acceptors (Lipinski definition) is 0. The van der Waals surface area contributed by atoms with Crippen molar-refractivity contribution in [1.82, 2.24) is 0 Å². The quantitative estimate of drug-likeness (QED) is 0.328. The Morgan fingerprint density at radius 2 is 1.67 bits per heavy atom. The minimum absolute atomic E-state index is 0.609. The molecule has 0 aliphatic carbocycles. The van der Waals surface area contributed by atoms with Gasteiger partial charge in [0, 0.05) is 0 Å². The van der Waals surface area contributed by atoms with Gasteiger partial charge < -0.3 is 0 Å². The van der Waals surface area contributed by atoms with E-state index in [0.29, 0.717) is 5.92 Å². The first-order valence-corrected chi connectivity index (χ1v) is 6.64. The van der Waals surface area contributed by atoms with Crippen LogP contribution in [0.4, 0.5) is 0 Å². The van der Waals surface area contributed by atoms with Gasteiger partial charge >= 0.3 is 0 Å². The first-order chi connectivity index (χ1) is 7.35. The summed E-state index contributed by atoms with van der Waals surface area (Å²) in [4.78, 5) is 0. The predicted octanol–water partition coefficient (Wildman–Crippen LogP) is 5.51.